The van der Waals surface area contributed by atoms with Gasteiger partial charge in [-0.25, -0.2) is 0 Å². The number of hydrogen-bond donors (Lipinski definition) is 1. The third-order valence-corrected chi connectivity index (χ3v) is 7.70. The number of likely N-dealkylation sites (tertiary alicyclic amines) is 1. The number of nitrogens with one attached hydrogen (secondary N) is 1. The predicted molar refractivity (Wildman–Crippen MR) is 144 cm³/mol. The van der Waals surface area contributed by atoms with Crippen molar-refractivity contribution in [3.8, 4) is 0 Å². The molecule has 3 aromatic rings. The number of thioether (sulfide) groups is 1. The molecule has 2 heterocycles. The summed E-state index contributed by atoms with van der Waals surface area (Å²) in [6, 6.07) is 16.6. The summed E-state index contributed by atoms with van der Waals surface area (Å²) in [5.41, 5.74) is 4.37. The number of aryl methyl sites for hydroxylation is 1. The molecular formula is C28H37N5OS. The second kappa shape index (κ2) is 11.9. The number of anilines is 1. The van der Waals surface area contributed by atoms with Crippen molar-refractivity contribution < 1.29 is 4.79 Å². The van der Waals surface area contributed by atoms with Gasteiger partial charge in [-0.15, -0.1) is 10.2 Å². The van der Waals surface area contributed by atoms with Gasteiger partial charge in [-0.1, -0.05) is 80.6 Å². The van der Waals surface area contributed by atoms with Crippen LogP contribution in [0.15, 0.2) is 53.7 Å². The molecule has 4 rings (SSSR count). The first-order chi connectivity index (χ1) is 16.9. The largest absolute Gasteiger partial charge is 0.325 e. The molecule has 0 saturated carbocycles. The molecule has 6 nitrogen and oxygen atoms in total. The van der Waals surface area contributed by atoms with E-state index in [1.54, 1.807) is 0 Å². The van der Waals surface area contributed by atoms with E-state index in [0.29, 0.717) is 12.5 Å². The van der Waals surface area contributed by atoms with Gasteiger partial charge in [0.15, 0.2) is 5.16 Å². The van der Waals surface area contributed by atoms with Crippen molar-refractivity contribution in [1.29, 1.82) is 0 Å². The maximum absolute atomic E-state index is 13.2. The molecule has 0 aliphatic carbocycles. The highest BCUT2D eigenvalue weighted by molar-refractivity contribution is 8.00. The molecule has 1 N–H and O–H groups in total. The Hall–Kier alpha value is -2.64. The van der Waals surface area contributed by atoms with Crippen molar-refractivity contribution in [1.82, 2.24) is 19.7 Å². The van der Waals surface area contributed by atoms with E-state index in [-0.39, 0.29) is 11.2 Å². The zero-order valence-corrected chi connectivity index (χ0v) is 22.1. The number of piperidine rings is 1. The number of para-hydroxylation sites is 1. The molecule has 1 aliphatic heterocycles. The monoisotopic (exact) mass is 491 g/mol. The smallest absolute Gasteiger partial charge is 0.237 e. The second-order valence-electron chi connectivity index (χ2n) is 9.75. The first kappa shape index (κ1) is 25.5. The van der Waals surface area contributed by atoms with Gasteiger partial charge in [-0.05, 0) is 62.4 Å². The van der Waals surface area contributed by atoms with E-state index in [1.165, 1.54) is 36.6 Å². The summed E-state index contributed by atoms with van der Waals surface area (Å²) in [5.74, 6) is 1.28. The average Bonchev–Trinajstić information content (AvgIpc) is 3.21. The summed E-state index contributed by atoms with van der Waals surface area (Å²) in [6.07, 6.45) is 3.78. The van der Waals surface area contributed by atoms with Crippen LogP contribution in [0.3, 0.4) is 0 Å². The van der Waals surface area contributed by atoms with Crippen molar-refractivity contribution in [2.24, 2.45) is 0 Å². The fourth-order valence-corrected chi connectivity index (χ4v) is 5.41. The molecule has 7 heteroatoms. The zero-order valence-electron chi connectivity index (χ0n) is 21.3. The minimum Gasteiger partial charge on any atom is -0.325 e. The van der Waals surface area contributed by atoms with Crippen molar-refractivity contribution in [2.45, 2.75) is 76.4 Å². The summed E-state index contributed by atoms with van der Waals surface area (Å²) in [5, 5.41) is 12.8. The quantitative estimate of drug-likeness (QED) is 0.380. The first-order valence-electron chi connectivity index (χ1n) is 12.7. The van der Waals surface area contributed by atoms with Crippen molar-refractivity contribution in [3.63, 3.8) is 0 Å². The topological polar surface area (TPSA) is 63.1 Å². The lowest BCUT2D eigenvalue weighted by molar-refractivity contribution is -0.115. The van der Waals surface area contributed by atoms with Crippen molar-refractivity contribution in [2.75, 3.05) is 18.4 Å². The number of hydrogen-bond acceptors (Lipinski definition) is 5. The molecule has 0 unspecified atom stereocenters. The predicted octanol–water partition coefficient (Wildman–Crippen LogP) is 5.86. The Morgan fingerprint density at radius 2 is 1.71 bits per heavy atom. The van der Waals surface area contributed by atoms with Crippen LogP contribution in [0.4, 0.5) is 5.69 Å². The average molecular weight is 492 g/mol. The lowest BCUT2D eigenvalue weighted by atomic mass is 9.98. The molecule has 0 bridgehead atoms. The van der Waals surface area contributed by atoms with E-state index >= 15 is 0 Å². The number of rotatable bonds is 9. The summed E-state index contributed by atoms with van der Waals surface area (Å²) < 4.78 is 2.19. The number of amides is 1. The molecule has 1 saturated heterocycles. The summed E-state index contributed by atoms with van der Waals surface area (Å²) in [7, 11) is 0. The Bertz CT molecular complexity index is 1120. The highest BCUT2D eigenvalue weighted by Crippen LogP contribution is 2.30. The highest BCUT2D eigenvalue weighted by atomic mass is 32.2. The van der Waals surface area contributed by atoms with Crippen molar-refractivity contribution in [3.05, 3.63) is 71.0 Å². The van der Waals surface area contributed by atoms with Crippen LogP contribution in [0, 0.1) is 6.92 Å². The summed E-state index contributed by atoms with van der Waals surface area (Å²) in [4.78, 5) is 15.7. The number of carbonyl (C=O) groups excluding carboxylic acids is 1. The Morgan fingerprint density at radius 3 is 2.43 bits per heavy atom. The van der Waals surface area contributed by atoms with Crippen LogP contribution in [-0.4, -0.2) is 43.9 Å². The van der Waals surface area contributed by atoms with Gasteiger partial charge < -0.3 is 9.88 Å². The third-order valence-electron chi connectivity index (χ3n) is 6.62. The molecule has 0 spiro atoms. The van der Waals surface area contributed by atoms with Gasteiger partial charge in [0.05, 0.1) is 18.3 Å². The van der Waals surface area contributed by atoms with E-state index in [4.69, 9.17) is 0 Å². The minimum atomic E-state index is -0.309. The van der Waals surface area contributed by atoms with Gasteiger partial charge in [0, 0.05) is 5.69 Å². The van der Waals surface area contributed by atoms with E-state index < -0.39 is 0 Å². The van der Waals surface area contributed by atoms with Crippen LogP contribution in [0.2, 0.25) is 0 Å². The molecule has 186 valence electrons. The van der Waals surface area contributed by atoms with Gasteiger partial charge in [-0.2, -0.15) is 0 Å². The minimum absolute atomic E-state index is 0.0157. The van der Waals surface area contributed by atoms with Crippen molar-refractivity contribution >= 4 is 23.4 Å². The van der Waals surface area contributed by atoms with Gasteiger partial charge in [-0.3, -0.25) is 9.69 Å². The Morgan fingerprint density at radius 1 is 0.971 bits per heavy atom. The standard InChI is InChI=1S/C28H37N5OS/c1-20(2)24-15-11-12-21(3)26(24)29-27(34)22(4)35-28-31-30-25(19-32-16-9-6-10-17-32)33(28)18-23-13-7-5-8-14-23/h5,7-8,11-15,20,22H,6,9-10,16-19H2,1-4H3,(H,29,34)/t22-/m1/s1. The Kier molecular flexibility index (Phi) is 8.63. The molecule has 1 amide bonds. The van der Waals surface area contributed by atoms with Gasteiger partial charge in [0.25, 0.3) is 0 Å². The molecule has 1 atom stereocenters. The number of carbonyl (C=O) groups is 1. The van der Waals surface area contributed by atoms with Gasteiger partial charge in [0.1, 0.15) is 5.82 Å². The van der Waals surface area contributed by atoms with E-state index in [1.807, 2.05) is 26.0 Å². The van der Waals surface area contributed by atoms with Crippen LogP contribution in [0.25, 0.3) is 0 Å². The molecule has 0 radical (unpaired) electrons. The third kappa shape index (κ3) is 6.53. The molecule has 35 heavy (non-hydrogen) atoms. The molecule has 2 aromatic carbocycles. The first-order valence-corrected chi connectivity index (χ1v) is 13.6. The van der Waals surface area contributed by atoms with E-state index in [0.717, 1.165) is 47.4 Å². The van der Waals surface area contributed by atoms with E-state index in [2.05, 4.69) is 75.2 Å². The molecule has 1 aromatic heterocycles. The van der Waals surface area contributed by atoms with Crippen LogP contribution < -0.4 is 5.32 Å². The van der Waals surface area contributed by atoms with E-state index in [9.17, 15) is 4.79 Å². The van der Waals surface area contributed by atoms with Gasteiger partial charge in [0.2, 0.25) is 5.91 Å². The fourth-order valence-electron chi connectivity index (χ4n) is 4.54. The molecule has 1 fully saturated rings. The summed E-state index contributed by atoms with van der Waals surface area (Å²) in [6.45, 7) is 12.0. The zero-order chi connectivity index (χ0) is 24.8. The maximum Gasteiger partial charge on any atom is 0.237 e. The lowest BCUT2D eigenvalue weighted by Gasteiger charge is -2.26. The number of nitrogens with zero attached hydrogens (tertiary/aromatic N) is 4. The van der Waals surface area contributed by atoms with Crippen LogP contribution >= 0.6 is 11.8 Å². The van der Waals surface area contributed by atoms with Crippen LogP contribution in [-0.2, 0) is 17.9 Å². The SMILES string of the molecule is Cc1cccc(C(C)C)c1NC(=O)[C@@H](C)Sc1nnc(CN2CCCCC2)n1Cc1ccccc1. The Balaban J connectivity index is 1.53. The number of benzene rings is 2. The number of aromatic nitrogens is 3. The van der Waals surface area contributed by atoms with Crippen LogP contribution in [0.5, 0.6) is 0 Å². The fraction of sp³-hybridized carbons (Fsp3) is 0.464. The highest BCUT2D eigenvalue weighted by Gasteiger charge is 2.23. The Labute approximate surface area is 213 Å². The normalized spacial score (nSPS) is 15.3. The van der Waals surface area contributed by atoms with Crippen LogP contribution in [0.1, 0.15) is 68.5 Å². The lowest BCUT2D eigenvalue weighted by Crippen LogP contribution is -2.30. The van der Waals surface area contributed by atoms with Gasteiger partial charge >= 0.3 is 0 Å². The molecular weight excluding hydrogens is 454 g/mol. The second-order valence-corrected chi connectivity index (χ2v) is 11.1. The maximum atomic E-state index is 13.2. The molecule has 1 aliphatic rings. The summed E-state index contributed by atoms with van der Waals surface area (Å²) >= 11 is 1.48.